The number of hydrogen-bond acceptors (Lipinski definition) is 5. The lowest BCUT2D eigenvalue weighted by molar-refractivity contribution is -0.384. The Labute approximate surface area is 121 Å². The Morgan fingerprint density at radius 1 is 1.30 bits per heavy atom. The van der Waals surface area contributed by atoms with Crippen molar-refractivity contribution in [2.75, 3.05) is 5.43 Å². The van der Waals surface area contributed by atoms with Crippen LogP contribution in [0.4, 0.5) is 15.8 Å². The highest BCUT2D eigenvalue weighted by Gasteiger charge is 2.12. The average Bonchev–Trinajstić information content (AvgIpc) is 2.42. The third-order valence-electron chi connectivity index (χ3n) is 2.39. The van der Waals surface area contributed by atoms with Gasteiger partial charge in [0.1, 0.15) is 17.3 Å². The van der Waals surface area contributed by atoms with Gasteiger partial charge in [0.2, 0.25) is 0 Å². The van der Waals surface area contributed by atoms with Crippen LogP contribution in [-0.2, 0) is 0 Å². The number of nitrogens with two attached hydrogens (primary N) is 1. The highest BCUT2D eigenvalue weighted by Crippen LogP contribution is 2.33. The lowest BCUT2D eigenvalue weighted by atomic mass is 10.2. The number of nitro groups is 1. The number of nitro benzene ring substituents is 1. The summed E-state index contributed by atoms with van der Waals surface area (Å²) in [5, 5.41) is 10.8. The number of nitrogens with one attached hydrogen (secondary N) is 1. The highest BCUT2D eigenvalue weighted by atomic mass is 79.9. The van der Waals surface area contributed by atoms with E-state index in [1.54, 1.807) is 0 Å². The number of ether oxygens (including phenoxy) is 1. The van der Waals surface area contributed by atoms with Gasteiger partial charge in [-0.25, -0.2) is 4.39 Å². The fourth-order valence-electron chi connectivity index (χ4n) is 1.51. The maximum atomic E-state index is 13.2. The Bertz CT molecular complexity index is 666. The minimum absolute atomic E-state index is 0.165. The molecule has 0 aromatic heterocycles. The Morgan fingerprint density at radius 3 is 2.70 bits per heavy atom. The van der Waals surface area contributed by atoms with Gasteiger partial charge >= 0.3 is 0 Å². The van der Waals surface area contributed by atoms with Gasteiger partial charge < -0.3 is 10.2 Å². The van der Waals surface area contributed by atoms with E-state index in [1.165, 1.54) is 36.4 Å². The first kappa shape index (κ1) is 14.2. The first-order chi connectivity index (χ1) is 9.49. The zero-order chi connectivity index (χ0) is 14.7. The third-order valence-corrected chi connectivity index (χ3v) is 3.04. The molecule has 8 heteroatoms. The van der Waals surface area contributed by atoms with Crippen molar-refractivity contribution in [3.63, 3.8) is 0 Å². The van der Waals surface area contributed by atoms with Crippen LogP contribution in [-0.4, -0.2) is 4.92 Å². The quantitative estimate of drug-likeness (QED) is 0.504. The minimum atomic E-state index is -0.575. The number of anilines is 1. The molecule has 0 atom stereocenters. The molecule has 0 radical (unpaired) electrons. The van der Waals surface area contributed by atoms with Gasteiger partial charge in [0.25, 0.3) is 5.69 Å². The van der Waals surface area contributed by atoms with Gasteiger partial charge in [-0.2, -0.15) is 0 Å². The molecule has 0 aliphatic rings. The topological polar surface area (TPSA) is 90.4 Å². The average molecular weight is 342 g/mol. The highest BCUT2D eigenvalue weighted by molar-refractivity contribution is 9.10. The monoisotopic (exact) mass is 341 g/mol. The van der Waals surface area contributed by atoms with E-state index in [1.807, 2.05) is 0 Å². The standard InChI is InChI=1S/C12H9BrFN3O3/c13-11-2-1-7(14)3-12(11)20-10-5-8(16-15)4-9(6-10)17(18)19/h1-6,16H,15H2. The first-order valence-corrected chi connectivity index (χ1v) is 6.18. The lowest BCUT2D eigenvalue weighted by Gasteiger charge is -2.09. The molecule has 20 heavy (non-hydrogen) atoms. The SMILES string of the molecule is NNc1cc(Oc2cc(F)ccc2Br)cc([N+](=O)[O-])c1. The molecule has 0 saturated heterocycles. The first-order valence-electron chi connectivity index (χ1n) is 5.38. The summed E-state index contributed by atoms with van der Waals surface area (Å²) in [6, 6.07) is 7.84. The molecular weight excluding hydrogens is 333 g/mol. The van der Waals surface area contributed by atoms with Crippen LogP contribution in [0.15, 0.2) is 40.9 Å². The predicted molar refractivity (Wildman–Crippen MR) is 75.1 cm³/mol. The summed E-state index contributed by atoms with van der Waals surface area (Å²) in [6.07, 6.45) is 0. The van der Waals surface area contributed by atoms with E-state index in [2.05, 4.69) is 21.4 Å². The number of hydrogen-bond donors (Lipinski definition) is 2. The van der Waals surface area contributed by atoms with Crippen LogP contribution in [0.5, 0.6) is 11.5 Å². The molecule has 0 heterocycles. The van der Waals surface area contributed by atoms with Crippen molar-refractivity contribution in [2.24, 2.45) is 5.84 Å². The predicted octanol–water partition coefficient (Wildman–Crippen LogP) is 3.57. The zero-order valence-electron chi connectivity index (χ0n) is 9.97. The molecule has 0 saturated carbocycles. The summed E-state index contributed by atoms with van der Waals surface area (Å²) in [5.74, 6) is 5.12. The number of benzene rings is 2. The largest absolute Gasteiger partial charge is 0.456 e. The van der Waals surface area contributed by atoms with Crippen LogP contribution >= 0.6 is 15.9 Å². The van der Waals surface area contributed by atoms with Gasteiger partial charge in [0.15, 0.2) is 0 Å². The molecule has 3 N–H and O–H groups in total. The summed E-state index contributed by atoms with van der Waals surface area (Å²) in [7, 11) is 0. The second kappa shape index (κ2) is 5.85. The van der Waals surface area contributed by atoms with Crippen molar-refractivity contribution in [1.82, 2.24) is 0 Å². The minimum Gasteiger partial charge on any atom is -0.456 e. The molecule has 0 unspecified atom stereocenters. The smallest absolute Gasteiger partial charge is 0.275 e. The van der Waals surface area contributed by atoms with E-state index in [9.17, 15) is 14.5 Å². The summed E-state index contributed by atoms with van der Waals surface area (Å²) in [5.41, 5.74) is 2.42. The molecule has 0 aliphatic carbocycles. The second-order valence-electron chi connectivity index (χ2n) is 3.79. The number of non-ortho nitro benzene ring substituents is 1. The van der Waals surface area contributed by atoms with Crippen LogP contribution in [0, 0.1) is 15.9 Å². The number of rotatable bonds is 4. The van der Waals surface area contributed by atoms with Gasteiger partial charge in [-0.3, -0.25) is 16.0 Å². The van der Waals surface area contributed by atoms with Crippen molar-refractivity contribution in [1.29, 1.82) is 0 Å². The molecule has 0 bridgehead atoms. The lowest BCUT2D eigenvalue weighted by Crippen LogP contribution is -2.07. The summed E-state index contributed by atoms with van der Waals surface area (Å²) in [4.78, 5) is 10.2. The van der Waals surface area contributed by atoms with Gasteiger partial charge in [-0.15, -0.1) is 0 Å². The number of nitrogens with zero attached hydrogens (tertiary/aromatic N) is 1. The molecule has 0 amide bonds. The van der Waals surface area contributed by atoms with Gasteiger partial charge in [-0.1, -0.05) is 0 Å². The van der Waals surface area contributed by atoms with Crippen molar-refractivity contribution in [3.8, 4) is 11.5 Å². The fourth-order valence-corrected chi connectivity index (χ4v) is 1.84. The van der Waals surface area contributed by atoms with Crippen molar-refractivity contribution >= 4 is 27.3 Å². The molecule has 0 spiro atoms. The van der Waals surface area contributed by atoms with E-state index < -0.39 is 10.7 Å². The maximum Gasteiger partial charge on any atom is 0.275 e. The number of hydrazine groups is 1. The van der Waals surface area contributed by atoms with Crippen LogP contribution < -0.4 is 16.0 Å². The van der Waals surface area contributed by atoms with Crippen LogP contribution in [0.3, 0.4) is 0 Å². The molecule has 104 valence electrons. The molecule has 6 nitrogen and oxygen atoms in total. The number of nitrogen functional groups attached to an aromatic ring is 1. The third kappa shape index (κ3) is 3.22. The van der Waals surface area contributed by atoms with Crippen LogP contribution in [0.1, 0.15) is 0 Å². The molecule has 0 aliphatic heterocycles. The maximum absolute atomic E-state index is 13.2. The molecule has 2 aromatic rings. The Kier molecular flexibility index (Phi) is 4.16. The van der Waals surface area contributed by atoms with E-state index in [0.29, 0.717) is 10.2 Å². The fraction of sp³-hybridized carbons (Fsp3) is 0. The van der Waals surface area contributed by atoms with E-state index in [-0.39, 0.29) is 17.2 Å². The molecule has 0 fully saturated rings. The van der Waals surface area contributed by atoms with E-state index in [0.717, 1.165) is 0 Å². The summed E-state index contributed by atoms with van der Waals surface area (Å²) < 4.78 is 19.1. The van der Waals surface area contributed by atoms with E-state index in [4.69, 9.17) is 10.6 Å². The van der Waals surface area contributed by atoms with Gasteiger partial charge in [0, 0.05) is 18.2 Å². The second-order valence-corrected chi connectivity index (χ2v) is 4.65. The van der Waals surface area contributed by atoms with E-state index >= 15 is 0 Å². The molecule has 2 aromatic carbocycles. The van der Waals surface area contributed by atoms with Crippen molar-refractivity contribution < 1.29 is 14.1 Å². The van der Waals surface area contributed by atoms with Crippen molar-refractivity contribution in [3.05, 3.63) is 56.8 Å². The summed E-state index contributed by atoms with van der Waals surface area (Å²) in [6.45, 7) is 0. The van der Waals surface area contributed by atoms with Gasteiger partial charge in [-0.05, 0) is 28.1 Å². The summed E-state index contributed by atoms with van der Waals surface area (Å²) >= 11 is 3.21. The normalized spacial score (nSPS) is 10.2. The Balaban J connectivity index is 2.39. The van der Waals surface area contributed by atoms with Crippen molar-refractivity contribution in [2.45, 2.75) is 0 Å². The Morgan fingerprint density at radius 2 is 2.05 bits per heavy atom. The molecule has 2 rings (SSSR count). The molecular formula is C12H9BrFN3O3. The van der Waals surface area contributed by atoms with Gasteiger partial charge in [0.05, 0.1) is 21.1 Å². The van der Waals surface area contributed by atoms with Crippen LogP contribution in [0.25, 0.3) is 0 Å². The Hall–Kier alpha value is -2.19. The zero-order valence-corrected chi connectivity index (χ0v) is 11.6. The van der Waals surface area contributed by atoms with Crippen LogP contribution in [0.2, 0.25) is 0 Å². The number of halogens is 2.